The Morgan fingerprint density at radius 2 is 2.29 bits per heavy atom. The Hall–Kier alpha value is 0.690. The third kappa shape index (κ3) is 2.49. The predicted octanol–water partition coefficient (Wildman–Crippen LogP) is -1.87. The van der Waals surface area contributed by atoms with Gasteiger partial charge in [-0.3, -0.25) is 4.79 Å². The molecule has 1 aliphatic rings. The zero-order valence-electron chi connectivity index (χ0n) is 3.14. The van der Waals surface area contributed by atoms with Gasteiger partial charge >= 0.3 is 43.7 Å². The van der Waals surface area contributed by atoms with Gasteiger partial charge in [0.15, 0.2) is 0 Å². The van der Waals surface area contributed by atoms with Crippen LogP contribution < -0.4 is 5.32 Å². The number of carboxylic acids is 1. The van der Waals surface area contributed by atoms with E-state index in [1.807, 2.05) is 0 Å². The van der Waals surface area contributed by atoms with E-state index in [0.29, 0.717) is 6.54 Å². The average Bonchev–Trinajstić information content (AvgIpc) is 2.06. The van der Waals surface area contributed by atoms with E-state index in [4.69, 9.17) is 5.11 Å². The van der Waals surface area contributed by atoms with Crippen LogP contribution in [0.15, 0.2) is 0 Å². The molecule has 0 radical (unpaired) electrons. The monoisotopic (exact) mass is 129 g/mol. The molecular weight excluding hydrogens is 122 g/mol. The molecule has 38 valence electrons. The molecule has 1 atom stereocenters. The number of rotatable bonds is 1. The Kier molecular flexibility index (Phi) is 3.15. The molecule has 0 bridgehead atoms. The standard InChI is InChI=1S/C3H5NO2.Ca.2H/c5-3(6)2-1-4-2;;;/h2,4H,1H2,(H,5,6);;;. The van der Waals surface area contributed by atoms with Crippen molar-refractivity contribution in [3.05, 3.63) is 0 Å². The summed E-state index contributed by atoms with van der Waals surface area (Å²) in [5.41, 5.74) is 0. The van der Waals surface area contributed by atoms with E-state index >= 15 is 0 Å². The molecule has 7 heavy (non-hydrogen) atoms. The molecule has 1 fully saturated rings. The summed E-state index contributed by atoms with van der Waals surface area (Å²) in [5, 5.41) is 10.6. The zero-order chi connectivity index (χ0) is 4.57. The first-order valence-electron chi connectivity index (χ1n) is 1.77. The summed E-state index contributed by atoms with van der Waals surface area (Å²) in [7, 11) is 0. The SMILES string of the molecule is O=C(O)C1CN1.[CaH2]. The Balaban J connectivity index is 0.000000360. The van der Waals surface area contributed by atoms with Gasteiger partial charge in [-0.2, -0.15) is 0 Å². The normalized spacial score (nSPS) is 25.4. The van der Waals surface area contributed by atoms with Crippen molar-refractivity contribution in [1.29, 1.82) is 0 Å². The second-order valence-electron chi connectivity index (χ2n) is 1.30. The van der Waals surface area contributed by atoms with Crippen LogP contribution in [-0.2, 0) is 4.79 Å². The Morgan fingerprint density at radius 3 is 2.29 bits per heavy atom. The number of carbonyl (C=O) groups is 1. The summed E-state index contributed by atoms with van der Waals surface area (Å²) in [5.74, 6) is -0.741. The van der Waals surface area contributed by atoms with Gasteiger partial charge in [0.05, 0.1) is 0 Å². The first kappa shape index (κ1) is 7.69. The maximum atomic E-state index is 9.70. The van der Waals surface area contributed by atoms with Gasteiger partial charge in [0, 0.05) is 6.54 Å². The van der Waals surface area contributed by atoms with Crippen molar-refractivity contribution in [3.63, 3.8) is 0 Å². The van der Waals surface area contributed by atoms with Gasteiger partial charge in [0.2, 0.25) is 0 Å². The van der Waals surface area contributed by atoms with Crippen LogP contribution in [0.2, 0.25) is 0 Å². The third-order valence-corrected chi connectivity index (χ3v) is 0.706. The number of aliphatic carboxylic acids is 1. The Bertz CT molecular complexity index is 81.0. The molecule has 2 N–H and O–H groups in total. The first-order chi connectivity index (χ1) is 2.80. The molecule has 1 rings (SSSR count). The molecule has 1 saturated heterocycles. The second-order valence-corrected chi connectivity index (χ2v) is 1.30. The van der Waals surface area contributed by atoms with Crippen molar-refractivity contribution in [2.45, 2.75) is 6.04 Å². The minimum atomic E-state index is -0.741. The zero-order valence-corrected chi connectivity index (χ0v) is 3.14. The van der Waals surface area contributed by atoms with Gasteiger partial charge in [0.1, 0.15) is 6.04 Å². The molecule has 0 saturated carbocycles. The van der Waals surface area contributed by atoms with E-state index in [-0.39, 0.29) is 43.8 Å². The Morgan fingerprint density at radius 1 is 1.86 bits per heavy atom. The van der Waals surface area contributed by atoms with Crippen LogP contribution >= 0.6 is 0 Å². The van der Waals surface area contributed by atoms with Gasteiger partial charge < -0.3 is 10.4 Å². The molecule has 0 aromatic carbocycles. The molecule has 0 aromatic rings. The number of carboxylic acid groups (broad SMARTS) is 1. The van der Waals surface area contributed by atoms with E-state index < -0.39 is 5.97 Å². The van der Waals surface area contributed by atoms with Crippen molar-refractivity contribution in [2.75, 3.05) is 6.54 Å². The number of hydrogen-bond acceptors (Lipinski definition) is 2. The van der Waals surface area contributed by atoms with Gasteiger partial charge in [-0.15, -0.1) is 0 Å². The predicted molar refractivity (Wildman–Crippen MR) is 28.0 cm³/mol. The van der Waals surface area contributed by atoms with Crippen LogP contribution in [0.1, 0.15) is 0 Å². The van der Waals surface area contributed by atoms with Gasteiger partial charge in [0.25, 0.3) is 0 Å². The van der Waals surface area contributed by atoms with Crippen molar-refractivity contribution >= 4 is 43.7 Å². The van der Waals surface area contributed by atoms with Crippen LogP contribution in [0.5, 0.6) is 0 Å². The fraction of sp³-hybridized carbons (Fsp3) is 0.667. The molecule has 3 nitrogen and oxygen atoms in total. The van der Waals surface area contributed by atoms with Crippen molar-refractivity contribution < 1.29 is 9.90 Å². The van der Waals surface area contributed by atoms with Crippen molar-refractivity contribution in [3.8, 4) is 0 Å². The average molecular weight is 129 g/mol. The van der Waals surface area contributed by atoms with Crippen LogP contribution in [0, 0.1) is 0 Å². The molecular formula is C3H7CaNO2. The van der Waals surface area contributed by atoms with E-state index in [0.717, 1.165) is 0 Å². The second kappa shape index (κ2) is 2.87. The van der Waals surface area contributed by atoms with Gasteiger partial charge in [-0.1, -0.05) is 0 Å². The van der Waals surface area contributed by atoms with E-state index in [1.54, 1.807) is 0 Å². The van der Waals surface area contributed by atoms with Crippen LogP contribution in [0.25, 0.3) is 0 Å². The van der Waals surface area contributed by atoms with Gasteiger partial charge in [-0.05, 0) is 0 Å². The molecule has 4 heteroatoms. The summed E-state index contributed by atoms with van der Waals surface area (Å²) in [6.45, 7) is 0.648. The summed E-state index contributed by atoms with van der Waals surface area (Å²) in [6.07, 6.45) is 0. The minimum absolute atomic E-state index is 0. The summed E-state index contributed by atoms with van der Waals surface area (Å²) < 4.78 is 0. The summed E-state index contributed by atoms with van der Waals surface area (Å²) in [6, 6.07) is -0.231. The summed E-state index contributed by atoms with van der Waals surface area (Å²) >= 11 is 0. The fourth-order valence-corrected chi connectivity index (χ4v) is 0.234. The quantitative estimate of drug-likeness (QED) is 0.322. The molecule has 1 unspecified atom stereocenters. The summed E-state index contributed by atoms with van der Waals surface area (Å²) in [4.78, 5) is 9.70. The first-order valence-corrected chi connectivity index (χ1v) is 1.77. The fourth-order valence-electron chi connectivity index (χ4n) is 0.234. The van der Waals surface area contributed by atoms with Crippen LogP contribution in [0.4, 0.5) is 0 Å². The molecule has 0 amide bonds. The van der Waals surface area contributed by atoms with Crippen molar-refractivity contribution in [1.82, 2.24) is 5.32 Å². The van der Waals surface area contributed by atoms with Crippen LogP contribution in [0.3, 0.4) is 0 Å². The molecule has 0 spiro atoms. The third-order valence-electron chi connectivity index (χ3n) is 0.706. The van der Waals surface area contributed by atoms with Gasteiger partial charge in [-0.25, -0.2) is 0 Å². The topological polar surface area (TPSA) is 59.2 Å². The number of hydrogen-bond donors (Lipinski definition) is 2. The van der Waals surface area contributed by atoms with E-state index in [1.165, 1.54) is 0 Å². The Labute approximate surface area is 71.1 Å². The van der Waals surface area contributed by atoms with Crippen LogP contribution in [-0.4, -0.2) is 61.4 Å². The molecule has 1 aliphatic heterocycles. The molecule has 0 aliphatic carbocycles. The van der Waals surface area contributed by atoms with Crippen molar-refractivity contribution in [2.24, 2.45) is 0 Å². The number of nitrogens with one attached hydrogen (secondary N) is 1. The molecule has 0 aromatic heterocycles. The maximum absolute atomic E-state index is 9.70. The van der Waals surface area contributed by atoms with E-state index in [9.17, 15) is 4.79 Å². The van der Waals surface area contributed by atoms with E-state index in [2.05, 4.69) is 5.32 Å². The molecule has 1 heterocycles.